The third-order valence-corrected chi connectivity index (χ3v) is 2.49. The second-order valence-corrected chi connectivity index (χ2v) is 3.99. The summed E-state index contributed by atoms with van der Waals surface area (Å²) in [7, 11) is 0. The molecule has 0 amide bonds. The summed E-state index contributed by atoms with van der Waals surface area (Å²) in [5, 5.41) is 18.0. The van der Waals surface area contributed by atoms with E-state index in [1.807, 2.05) is 6.08 Å². The summed E-state index contributed by atoms with van der Waals surface area (Å²) in [4.78, 5) is 22.5. The van der Waals surface area contributed by atoms with Crippen LogP contribution >= 0.6 is 112 Å². The Morgan fingerprint density at radius 1 is 0.862 bits per heavy atom. The molecule has 0 aromatic heterocycles. The van der Waals surface area contributed by atoms with E-state index in [1.165, 1.54) is 11.1 Å². The number of aliphatic carboxylic acids is 2. The van der Waals surface area contributed by atoms with E-state index in [0.717, 1.165) is 18.9 Å². The second-order valence-electron chi connectivity index (χ2n) is 3.99. The van der Waals surface area contributed by atoms with Gasteiger partial charge in [-0.25, -0.2) is 9.59 Å². The van der Waals surface area contributed by atoms with Crippen LogP contribution in [-0.2, 0) is 9.59 Å². The summed E-state index contributed by atoms with van der Waals surface area (Å²) >= 11 is 0. The number of benzene rings is 1. The molecule has 1 aliphatic rings. The van der Waals surface area contributed by atoms with Crippen LogP contribution < -0.4 is 5.32 Å². The van der Waals surface area contributed by atoms with Crippen LogP contribution in [0.15, 0.2) is 35.3 Å². The Balaban J connectivity index is -0.0000000348. The predicted molar refractivity (Wildman–Crippen MR) is 141 cm³/mol. The number of aryl methyl sites for hydroxylation is 1. The molecule has 178 valence electrons. The quantitative estimate of drug-likeness (QED) is 0.415. The topological polar surface area (TPSA) is 99.0 Å². The van der Waals surface area contributed by atoms with Gasteiger partial charge >= 0.3 is 11.9 Å². The number of rotatable bonds is 2. The van der Waals surface area contributed by atoms with Gasteiger partial charge in [0.25, 0.3) is 0 Å². The zero-order chi connectivity index (χ0) is 15.0. The van der Waals surface area contributed by atoms with Gasteiger partial charge in [-0.2, -0.15) is 0 Å². The van der Waals surface area contributed by atoms with Crippen molar-refractivity contribution in [2.75, 3.05) is 13.1 Å². The number of nitrogens with one attached hydrogen (secondary N) is 1. The van der Waals surface area contributed by atoms with Crippen LogP contribution in [0.2, 0.25) is 0 Å². The van der Waals surface area contributed by atoms with Crippen molar-refractivity contribution in [1.82, 2.24) is 5.32 Å². The van der Waals surface area contributed by atoms with Crippen LogP contribution in [0.5, 0.6) is 0 Å². The van der Waals surface area contributed by atoms with Gasteiger partial charge in [-0.1, -0.05) is 30.3 Å². The molecule has 0 aliphatic carbocycles. The molecule has 29 heavy (non-hydrogen) atoms. The summed E-state index contributed by atoms with van der Waals surface area (Å²) < 4.78 is 0. The fourth-order valence-electron chi connectivity index (χ4n) is 1.47. The van der Waals surface area contributed by atoms with Gasteiger partial charge in [0.05, 0.1) is 6.54 Å². The minimum absolute atomic E-state index is 0. The lowest BCUT2D eigenvalue weighted by Crippen LogP contribution is -2.15. The van der Waals surface area contributed by atoms with Gasteiger partial charge in [-0.05, 0) is 24.1 Å². The zero-order valence-corrected chi connectivity index (χ0v) is 22.1. The first kappa shape index (κ1) is 56.8. The number of carboxylic acid groups (broad SMARTS) is 2. The number of hydrogen-bond acceptors (Lipinski definition) is 4. The Morgan fingerprint density at radius 3 is 1.66 bits per heavy atom. The largest absolute Gasteiger partial charge is 0.473 e. The van der Waals surface area contributed by atoms with Crippen molar-refractivity contribution in [3.05, 3.63) is 41.5 Å². The van der Waals surface area contributed by atoms with E-state index in [4.69, 9.17) is 19.8 Å². The Kier molecular flexibility index (Phi) is 64.0. The SMILES string of the molecule is Cc1ccccc1/C=C/C1=NCCN1.Cl.Cl.Cl.Cl.Cl.Cl.Cl.Cl.Cl.O=C(O)C(=O)O. The highest BCUT2D eigenvalue weighted by atomic mass is 35.5. The molecular weight excluding hydrogens is 579 g/mol. The normalized spacial score (nSPS) is 9.07. The van der Waals surface area contributed by atoms with Gasteiger partial charge in [0.1, 0.15) is 5.84 Å². The summed E-state index contributed by atoms with van der Waals surface area (Å²) in [6.07, 6.45) is 4.14. The molecule has 1 heterocycles. The van der Waals surface area contributed by atoms with Crippen LogP contribution in [-0.4, -0.2) is 41.1 Å². The van der Waals surface area contributed by atoms with Crippen LogP contribution in [0, 0.1) is 6.92 Å². The summed E-state index contributed by atoms with van der Waals surface area (Å²) in [6, 6.07) is 8.33. The van der Waals surface area contributed by atoms with Gasteiger partial charge < -0.3 is 15.5 Å². The first-order valence-corrected chi connectivity index (χ1v) is 5.99. The molecule has 6 nitrogen and oxygen atoms in total. The molecule has 3 N–H and O–H groups in total. The van der Waals surface area contributed by atoms with Crippen molar-refractivity contribution in [2.45, 2.75) is 6.92 Å². The number of amidine groups is 1. The molecule has 0 fully saturated rings. The maximum absolute atomic E-state index is 9.10. The standard InChI is InChI=1S/C12H14N2.C2H2O4.9ClH/c1-10-4-2-3-5-11(10)6-7-12-13-8-9-14-12;3-1(4)2(5)6;;;;;;;;;/h2-7H,8-9H2,1H3,(H,13,14);(H,3,4)(H,5,6);9*1H/b7-6+;;;;;;;;;;. The highest BCUT2D eigenvalue weighted by Gasteiger charge is 2.04. The molecule has 0 saturated heterocycles. The Bertz CT molecular complexity index is 564. The molecule has 2 rings (SSSR count). The van der Waals surface area contributed by atoms with Crippen molar-refractivity contribution >= 4 is 136 Å². The number of hydrogen-bond donors (Lipinski definition) is 3. The molecule has 0 atom stereocenters. The highest BCUT2D eigenvalue weighted by molar-refractivity contribution is 6.27. The van der Waals surface area contributed by atoms with E-state index in [-0.39, 0.29) is 112 Å². The smallest absolute Gasteiger partial charge is 0.414 e. The van der Waals surface area contributed by atoms with Crippen LogP contribution in [0.4, 0.5) is 0 Å². The number of carbonyl (C=O) groups is 2. The van der Waals surface area contributed by atoms with Crippen molar-refractivity contribution in [3.63, 3.8) is 0 Å². The molecule has 1 aliphatic heterocycles. The molecule has 0 saturated carbocycles. The summed E-state index contributed by atoms with van der Waals surface area (Å²) in [6.45, 7) is 3.98. The summed E-state index contributed by atoms with van der Waals surface area (Å²) in [5.74, 6) is -2.65. The van der Waals surface area contributed by atoms with Crippen LogP contribution in [0.3, 0.4) is 0 Å². The van der Waals surface area contributed by atoms with Crippen molar-refractivity contribution < 1.29 is 19.8 Å². The Hall–Kier alpha value is -0.0200. The average Bonchev–Trinajstić information content (AvgIpc) is 2.91. The highest BCUT2D eigenvalue weighted by Crippen LogP contribution is 2.08. The van der Waals surface area contributed by atoms with E-state index in [1.54, 1.807) is 0 Å². The molecule has 1 aromatic carbocycles. The average molecular weight is 604 g/mol. The van der Waals surface area contributed by atoms with E-state index in [9.17, 15) is 0 Å². The number of halogens is 9. The third kappa shape index (κ3) is 25.9. The Labute approximate surface area is 225 Å². The van der Waals surface area contributed by atoms with E-state index in [2.05, 4.69) is 47.6 Å². The minimum Gasteiger partial charge on any atom is -0.473 e. The van der Waals surface area contributed by atoms with Crippen molar-refractivity contribution in [1.29, 1.82) is 0 Å². The lowest BCUT2D eigenvalue weighted by molar-refractivity contribution is -0.159. The molecular formula is C14H25Cl9N2O4. The lowest BCUT2D eigenvalue weighted by atomic mass is 10.1. The molecule has 1 aromatic rings. The van der Waals surface area contributed by atoms with E-state index in [0.29, 0.717) is 0 Å². The number of aliphatic imine (C=N–C) groups is 1. The minimum atomic E-state index is -1.82. The maximum Gasteiger partial charge on any atom is 0.414 e. The number of carboxylic acids is 2. The zero-order valence-electron chi connectivity index (χ0n) is 14.7. The number of nitrogens with zero attached hydrogens (tertiary/aromatic N) is 1. The predicted octanol–water partition coefficient (Wildman–Crippen LogP) is 4.96. The molecule has 0 spiro atoms. The van der Waals surface area contributed by atoms with Crippen molar-refractivity contribution in [2.24, 2.45) is 4.99 Å². The lowest BCUT2D eigenvalue weighted by Gasteiger charge is -1.98. The molecule has 15 heteroatoms. The second kappa shape index (κ2) is 32.6. The molecule has 0 unspecified atom stereocenters. The third-order valence-electron chi connectivity index (χ3n) is 2.49. The molecule has 0 radical (unpaired) electrons. The van der Waals surface area contributed by atoms with Gasteiger partial charge in [-0.15, -0.1) is 112 Å². The van der Waals surface area contributed by atoms with Crippen LogP contribution in [0.25, 0.3) is 6.08 Å². The van der Waals surface area contributed by atoms with Crippen molar-refractivity contribution in [3.8, 4) is 0 Å². The first-order chi connectivity index (χ1) is 9.50. The maximum atomic E-state index is 9.10. The van der Waals surface area contributed by atoms with E-state index >= 15 is 0 Å². The van der Waals surface area contributed by atoms with Gasteiger partial charge in [0.15, 0.2) is 0 Å². The van der Waals surface area contributed by atoms with Gasteiger partial charge in [0.2, 0.25) is 0 Å². The van der Waals surface area contributed by atoms with E-state index < -0.39 is 11.9 Å². The fraction of sp³-hybridized carbons (Fsp3) is 0.214. The Morgan fingerprint density at radius 2 is 1.31 bits per heavy atom. The van der Waals surface area contributed by atoms with Crippen LogP contribution in [0.1, 0.15) is 11.1 Å². The summed E-state index contributed by atoms with van der Waals surface area (Å²) in [5.41, 5.74) is 2.55. The first-order valence-electron chi connectivity index (χ1n) is 5.99. The van der Waals surface area contributed by atoms with Gasteiger partial charge in [-0.3, -0.25) is 4.99 Å². The molecule has 0 bridgehead atoms. The van der Waals surface area contributed by atoms with Gasteiger partial charge in [0, 0.05) is 6.54 Å². The monoisotopic (exact) mass is 600 g/mol. The fourth-order valence-corrected chi connectivity index (χ4v) is 1.47.